The van der Waals surface area contributed by atoms with Crippen molar-refractivity contribution < 1.29 is 4.79 Å². The number of carbonyl (C=O) groups is 1. The van der Waals surface area contributed by atoms with Crippen LogP contribution in [0.5, 0.6) is 0 Å². The van der Waals surface area contributed by atoms with E-state index in [4.69, 9.17) is 28.2 Å². The highest BCUT2D eigenvalue weighted by molar-refractivity contribution is 7.99. The number of piperidine rings is 2. The summed E-state index contributed by atoms with van der Waals surface area (Å²) in [7, 11) is 0. The Kier molecular flexibility index (Phi) is 9.51. The summed E-state index contributed by atoms with van der Waals surface area (Å²) in [5.74, 6) is 0.0721. The SMILES string of the molecule is CC(=O)N(Sc1nc(-c2cccc(NC3CCNCC3)c2)cs1)C1CCN(Cc2ccc(Cl)c(Cl)c2)CC1. The van der Waals surface area contributed by atoms with Crippen LogP contribution in [0.25, 0.3) is 11.3 Å². The van der Waals surface area contributed by atoms with Crippen molar-refractivity contribution in [2.75, 3.05) is 31.5 Å². The number of hydrogen-bond acceptors (Lipinski definition) is 7. The van der Waals surface area contributed by atoms with Crippen LogP contribution in [-0.2, 0) is 11.3 Å². The third-order valence-electron chi connectivity index (χ3n) is 7.12. The molecule has 38 heavy (non-hydrogen) atoms. The number of amides is 1. The minimum Gasteiger partial charge on any atom is -0.382 e. The Morgan fingerprint density at radius 3 is 2.66 bits per heavy atom. The first-order chi connectivity index (χ1) is 18.4. The number of nitrogens with one attached hydrogen (secondary N) is 2. The zero-order valence-corrected chi connectivity index (χ0v) is 24.6. The molecule has 2 aromatic carbocycles. The minimum atomic E-state index is 0.0721. The Bertz CT molecular complexity index is 1240. The number of benzene rings is 2. The summed E-state index contributed by atoms with van der Waals surface area (Å²) in [6, 6.07) is 15.0. The maximum atomic E-state index is 12.6. The van der Waals surface area contributed by atoms with Gasteiger partial charge in [0.25, 0.3) is 0 Å². The van der Waals surface area contributed by atoms with Crippen LogP contribution in [0.2, 0.25) is 10.0 Å². The Labute approximate surface area is 243 Å². The molecular formula is C28H33Cl2N5OS2. The Hall–Kier alpha value is -1.81. The number of hydrogen-bond donors (Lipinski definition) is 2. The predicted molar refractivity (Wildman–Crippen MR) is 160 cm³/mol. The second-order valence-electron chi connectivity index (χ2n) is 9.94. The standard InChI is InChI=1S/C28H33Cl2N5OS2/c1-19(36)35(24-9-13-34(14-10-24)17-20-5-6-25(29)26(30)15-20)38-28-33-27(18-37-28)21-3-2-4-23(16-21)32-22-7-11-31-12-8-22/h2-6,15-16,18,22,24,31-32H,7-14,17H2,1H3. The predicted octanol–water partition coefficient (Wildman–Crippen LogP) is 6.80. The highest BCUT2D eigenvalue weighted by atomic mass is 35.5. The molecule has 1 aromatic heterocycles. The second-order valence-corrected chi connectivity index (χ2v) is 12.8. The van der Waals surface area contributed by atoms with Crippen molar-refractivity contribution in [1.82, 2.24) is 19.5 Å². The Morgan fingerprint density at radius 1 is 1.13 bits per heavy atom. The molecule has 2 saturated heterocycles. The van der Waals surface area contributed by atoms with Gasteiger partial charge < -0.3 is 10.6 Å². The van der Waals surface area contributed by atoms with Crippen molar-refractivity contribution in [3.63, 3.8) is 0 Å². The molecule has 0 aliphatic carbocycles. The van der Waals surface area contributed by atoms with Gasteiger partial charge in [0.2, 0.25) is 5.91 Å². The third-order valence-corrected chi connectivity index (χ3v) is 10.0. The molecule has 3 aromatic rings. The zero-order valence-electron chi connectivity index (χ0n) is 21.5. The monoisotopic (exact) mass is 589 g/mol. The first-order valence-electron chi connectivity index (χ1n) is 13.1. The average molecular weight is 591 g/mol. The number of carbonyl (C=O) groups excluding carboxylic acids is 1. The molecule has 0 radical (unpaired) electrons. The smallest absolute Gasteiger partial charge is 0.229 e. The number of aromatic nitrogens is 1. The fourth-order valence-corrected chi connectivity index (χ4v) is 7.32. The van der Waals surface area contributed by atoms with Gasteiger partial charge in [0.1, 0.15) is 0 Å². The van der Waals surface area contributed by atoms with Gasteiger partial charge in [-0.15, -0.1) is 11.3 Å². The Balaban J connectivity index is 1.18. The van der Waals surface area contributed by atoms with Gasteiger partial charge in [0.05, 0.1) is 15.7 Å². The van der Waals surface area contributed by atoms with Gasteiger partial charge in [0.15, 0.2) is 4.34 Å². The molecule has 6 nitrogen and oxygen atoms in total. The van der Waals surface area contributed by atoms with Gasteiger partial charge in [-0.05, 0) is 68.6 Å². The highest BCUT2D eigenvalue weighted by Crippen LogP contribution is 2.35. The molecule has 10 heteroatoms. The van der Waals surface area contributed by atoms with E-state index >= 15 is 0 Å². The van der Waals surface area contributed by atoms with E-state index in [1.807, 2.05) is 22.5 Å². The van der Waals surface area contributed by atoms with E-state index in [0.717, 1.165) is 85.3 Å². The van der Waals surface area contributed by atoms with E-state index in [2.05, 4.69) is 45.2 Å². The summed E-state index contributed by atoms with van der Waals surface area (Å²) >= 11 is 15.3. The molecule has 2 aliphatic heterocycles. The van der Waals surface area contributed by atoms with Gasteiger partial charge >= 0.3 is 0 Å². The summed E-state index contributed by atoms with van der Waals surface area (Å²) < 4.78 is 2.82. The van der Waals surface area contributed by atoms with E-state index in [-0.39, 0.29) is 11.9 Å². The van der Waals surface area contributed by atoms with Crippen molar-refractivity contribution in [3.8, 4) is 11.3 Å². The first-order valence-corrected chi connectivity index (χ1v) is 15.5. The van der Waals surface area contributed by atoms with Gasteiger partial charge in [-0.1, -0.05) is 41.4 Å². The van der Waals surface area contributed by atoms with Crippen molar-refractivity contribution in [3.05, 3.63) is 63.5 Å². The molecule has 1 amide bonds. The number of thiazole rings is 1. The summed E-state index contributed by atoms with van der Waals surface area (Å²) in [5.41, 5.74) is 4.33. The lowest BCUT2D eigenvalue weighted by Gasteiger charge is -2.37. The zero-order chi connectivity index (χ0) is 26.5. The van der Waals surface area contributed by atoms with Crippen LogP contribution in [0, 0.1) is 0 Å². The van der Waals surface area contributed by atoms with Gasteiger partial charge in [-0.25, -0.2) is 4.98 Å². The molecule has 5 rings (SSSR count). The van der Waals surface area contributed by atoms with Crippen molar-refractivity contribution in [1.29, 1.82) is 0 Å². The molecule has 2 aliphatic rings. The summed E-state index contributed by atoms with van der Waals surface area (Å²) in [5, 5.41) is 10.3. The van der Waals surface area contributed by atoms with Crippen LogP contribution < -0.4 is 10.6 Å². The number of anilines is 1. The maximum absolute atomic E-state index is 12.6. The lowest BCUT2D eigenvalue weighted by Crippen LogP contribution is -2.43. The molecule has 3 heterocycles. The number of nitrogens with zero attached hydrogens (tertiary/aromatic N) is 3. The second kappa shape index (κ2) is 13.0. The Morgan fingerprint density at radius 2 is 1.92 bits per heavy atom. The van der Waals surface area contributed by atoms with Crippen molar-refractivity contribution >= 4 is 58.1 Å². The molecular weight excluding hydrogens is 557 g/mol. The molecule has 202 valence electrons. The van der Waals surface area contributed by atoms with E-state index in [9.17, 15) is 4.79 Å². The lowest BCUT2D eigenvalue weighted by molar-refractivity contribution is -0.125. The van der Waals surface area contributed by atoms with Crippen LogP contribution in [0.1, 0.15) is 38.2 Å². The molecule has 2 fully saturated rings. The quantitative estimate of drug-likeness (QED) is 0.282. The van der Waals surface area contributed by atoms with E-state index < -0.39 is 0 Å². The number of rotatable bonds is 8. The highest BCUT2D eigenvalue weighted by Gasteiger charge is 2.28. The van der Waals surface area contributed by atoms with Gasteiger partial charge in [-0.2, -0.15) is 0 Å². The van der Waals surface area contributed by atoms with Crippen LogP contribution in [0.4, 0.5) is 5.69 Å². The fourth-order valence-electron chi connectivity index (χ4n) is 5.09. The van der Waals surface area contributed by atoms with E-state index in [0.29, 0.717) is 16.1 Å². The van der Waals surface area contributed by atoms with Crippen LogP contribution in [0.3, 0.4) is 0 Å². The largest absolute Gasteiger partial charge is 0.382 e. The first kappa shape index (κ1) is 27.7. The van der Waals surface area contributed by atoms with Crippen molar-refractivity contribution in [2.45, 2.75) is 55.6 Å². The number of likely N-dealkylation sites (tertiary alicyclic amines) is 1. The summed E-state index contributed by atoms with van der Waals surface area (Å²) in [6.45, 7) is 6.46. The molecule has 0 spiro atoms. The summed E-state index contributed by atoms with van der Waals surface area (Å²) in [4.78, 5) is 19.9. The van der Waals surface area contributed by atoms with Crippen LogP contribution >= 0.6 is 46.5 Å². The lowest BCUT2D eigenvalue weighted by atomic mass is 10.0. The maximum Gasteiger partial charge on any atom is 0.229 e. The van der Waals surface area contributed by atoms with Gasteiger partial charge in [0, 0.05) is 67.2 Å². The van der Waals surface area contributed by atoms with Crippen LogP contribution in [-0.4, -0.2) is 58.4 Å². The molecule has 0 atom stereocenters. The van der Waals surface area contributed by atoms with Crippen molar-refractivity contribution in [2.24, 2.45) is 0 Å². The minimum absolute atomic E-state index is 0.0721. The molecule has 0 bridgehead atoms. The normalized spacial score (nSPS) is 17.4. The topological polar surface area (TPSA) is 60.5 Å². The third kappa shape index (κ3) is 7.23. The van der Waals surface area contributed by atoms with E-state index in [1.54, 1.807) is 18.3 Å². The number of halogens is 2. The van der Waals surface area contributed by atoms with E-state index in [1.165, 1.54) is 11.9 Å². The fraction of sp³-hybridized carbons (Fsp3) is 0.429. The summed E-state index contributed by atoms with van der Waals surface area (Å²) in [6.07, 6.45) is 4.13. The van der Waals surface area contributed by atoms with Crippen LogP contribution in [0.15, 0.2) is 52.2 Å². The van der Waals surface area contributed by atoms with Gasteiger partial charge in [-0.3, -0.25) is 14.0 Å². The molecule has 0 saturated carbocycles. The molecule has 0 unspecified atom stereocenters. The molecule has 2 N–H and O–H groups in total. The average Bonchev–Trinajstić information content (AvgIpc) is 3.40.